The number of para-hydroxylation sites is 3. The molecule has 0 aliphatic carbocycles. The van der Waals surface area contributed by atoms with E-state index < -0.39 is 11.9 Å². The van der Waals surface area contributed by atoms with Crippen molar-refractivity contribution < 1.29 is 28.9 Å². The van der Waals surface area contributed by atoms with Gasteiger partial charge in [0.2, 0.25) is 5.88 Å². The SMILES string of the molecule is Cc1nn(-c2ccccc2)c(Oc2ccc(F)cc2)c1CNCc1nc2ccccc2[nH]1.O=C(O)C(=O)O. The lowest BCUT2D eigenvalue weighted by Crippen LogP contribution is -2.14. The molecule has 5 aromatic rings. The first-order valence-corrected chi connectivity index (χ1v) is 11.5. The summed E-state index contributed by atoms with van der Waals surface area (Å²) in [5, 5.41) is 22.9. The van der Waals surface area contributed by atoms with Gasteiger partial charge in [0.15, 0.2) is 0 Å². The highest BCUT2D eigenvalue weighted by atomic mass is 19.1. The Morgan fingerprint density at radius 3 is 2.26 bits per heavy atom. The highest BCUT2D eigenvalue weighted by Gasteiger charge is 2.19. The van der Waals surface area contributed by atoms with Gasteiger partial charge in [-0.05, 0) is 55.5 Å². The molecule has 0 bridgehead atoms. The van der Waals surface area contributed by atoms with E-state index in [1.807, 2.05) is 61.5 Å². The van der Waals surface area contributed by atoms with Crippen LogP contribution in [0.3, 0.4) is 0 Å². The van der Waals surface area contributed by atoms with Gasteiger partial charge in [-0.3, -0.25) is 0 Å². The quantitative estimate of drug-likeness (QED) is 0.232. The van der Waals surface area contributed by atoms with Crippen molar-refractivity contribution in [3.8, 4) is 17.3 Å². The van der Waals surface area contributed by atoms with Gasteiger partial charge in [0.1, 0.15) is 17.4 Å². The number of ether oxygens (including phenoxy) is 1. The predicted molar refractivity (Wildman–Crippen MR) is 137 cm³/mol. The average Bonchev–Trinajstić information content (AvgIpc) is 3.47. The van der Waals surface area contributed by atoms with Crippen LogP contribution in [0.5, 0.6) is 11.6 Å². The van der Waals surface area contributed by atoms with Crippen molar-refractivity contribution in [1.82, 2.24) is 25.1 Å². The van der Waals surface area contributed by atoms with Crippen LogP contribution in [0.15, 0.2) is 78.9 Å². The third kappa shape index (κ3) is 6.39. The Morgan fingerprint density at radius 1 is 0.947 bits per heavy atom. The van der Waals surface area contributed by atoms with Gasteiger partial charge in [-0.1, -0.05) is 30.3 Å². The van der Waals surface area contributed by atoms with Crippen molar-refractivity contribution in [2.45, 2.75) is 20.0 Å². The highest BCUT2D eigenvalue weighted by molar-refractivity contribution is 6.27. The Bertz CT molecular complexity index is 1500. The number of rotatable bonds is 7. The summed E-state index contributed by atoms with van der Waals surface area (Å²) in [7, 11) is 0. The molecule has 0 fully saturated rings. The topological polar surface area (TPSA) is 142 Å². The largest absolute Gasteiger partial charge is 0.473 e. The molecule has 2 aromatic heterocycles. The molecule has 5 rings (SSSR count). The molecule has 0 spiro atoms. The Labute approximate surface area is 216 Å². The molecular formula is C27H24FN5O5. The molecule has 0 unspecified atom stereocenters. The lowest BCUT2D eigenvalue weighted by atomic mass is 10.2. The summed E-state index contributed by atoms with van der Waals surface area (Å²) >= 11 is 0. The third-order valence-electron chi connectivity index (χ3n) is 5.38. The van der Waals surface area contributed by atoms with Crippen molar-refractivity contribution in [2.75, 3.05) is 0 Å². The van der Waals surface area contributed by atoms with E-state index in [0.29, 0.717) is 24.7 Å². The van der Waals surface area contributed by atoms with Gasteiger partial charge in [0.25, 0.3) is 0 Å². The van der Waals surface area contributed by atoms with Gasteiger partial charge in [-0.2, -0.15) is 5.10 Å². The van der Waals surface area contributed by atoms with Crippen LogP contribution >= 0.6 is 0 Å². The molecule has 0 atom stereocenters. The van der Waals surface area contributed by atoms with E-state index in [1.165, 1.54) is 12.1 Å². The predicted octanol–water partition coefficient (Wildman–Crippen LogP) is 4.43. The highest BCUT2D eigenvalue weighted by Crippen LogP contribution is 2.30. The number of aromatic amines is 1. The minimum absolute atomic E-state index is 0.308. The molecule has 0 saturated heterocycles. The molecule has 2 heterocycles. The number of hydrogen-bond acceptors (Lipinski definition) is 6. The van der Waals surface area contributed by atoms with Gasteiger partial charge < -0.3 is 25.3 Å². The molecule has 0 aliphatic heterocycles. The standard InChI is InChI=1S/C25H22FN5O.C2H2O4/c1-17-21(15-27-16-24-28-22-9-5-6-10-23(22)29-24)25(32-20-13-11-18(26)12-14-20)31(30-17)19-7-3-2-4-8-19;3-1(4)2(5)6/h2-14,27H,15-16H2,1H3,(H,28,29);(H,3,4)(H,5,6). The Kier molecular flexibility index (Phi) is 8.09. The number of aliphatic carboxylic acids is 2. The molecule has 0 saturated carbocycles. The van der Waals surface area contributed by atoms with Gasteiger partial charge in [-0.25, -0.2) is 23.6 Å². The molecular weight excluding hydrogens is 493 g/mol. The minimum atomic E-state index is -1.82. The number of imidazole rings is 1. The molecule has 11 heteroatoms. The number of benzene rings is 3. The van der Waals surface area contributed by atoms with E-state index in [-0.39, 0.29) is 5.82 Å². The minimum Gasteiger partial charge on any atom is -0.473 e. The maximum atomic E-state index is 13.4. The molecule has 38 heavy (non-hydrogen) atoms. The maximum absolute atomic E-state index is 13.4. The van der Waals surface area contributed by atoms with Crippen molar-refractivity contribution in [2.24, 2.45) is 0 Å². The van der Waals surface area contributed by atoms with Crippen molar-refractivity contribution in [3.63, 3.8) is 0 Å². The number of nitrogens with zero attached hydrogens (tertiary/aromatic N) is 3. The van der Waals surface area contributed by atoms with Crippen LogP contribution in [0, 0.1) is 12.7 Å². The normalized spacial score (nSPS) is 10.6. The first-order chi connectivity index (χ1) is 18.3. The second kappa shape index (κ2) is 11.8. The van der Waals surface area contributed by atoms with E-state index >= 15 is 0 Å². The van der Waals surface area contributed by atoms with Crippen LogP contribution in [0.4, 0.5) is 4.39 Å². The number of halogens is 1. The van der Waals surface area contributed by atoms with Crippen molar-refractivity contribution in [1.29, 1.82) is 0 Å². The summed E-state index contributed by atoms with van der Waals surface area (Å²) in [5.74, 6) is -1.96. The fourth-order valence-corrected chi connectivity index (χ4v) is 3.60. The van der Waals surface area contributed by atoms with E-state index in [4.69, 9.17) is 29.6 Å². The molecule has 0 amide bonds. The Hall–Kier alpha value is -5.03. The van der Waals surface area contributed by atoms with Crippen LogP contribution in [0.1, 0.15) is 17.1 Å². The maximum Gasteiger partial charge on any atom is 0.414 e. The summed E-state index contributed by atoms with van der Waals surface area (Å²) in [6.07, 6.45) is 0. The summed E-state index contributed by atoms with van der Waals surface area (Å²) < 4.78 is 21.3. The van der Waals surface area contributed by atoms with Gasteiger partial charge in [0.05, 0.1) is 34.5 Å². The van der Waals surface area contributed by atoms with Crippen LogP contribution in [0.2, 0.25) is 0 Å². The number of carboxylic acid groups (broad SMARTS) is 2. The number of carbonyl (C=O) groups is 2. The number of aryl methyl sites for hydroxylation is 1. The van der Waals surface area contributed by atoms with E-state index in [2.05, 4.69) is 15.3 Å². The summed E-state index contributed by atoms with van der Waals surface area (Å²) in [6.45, 7) is 3.06. The van der Waals surface area contributed by atoms with Gasteiger partial charge in [-0.15, -0.1) is 0 Å². The Balaban J connectivity index is 0.000000505. The molecule has 0 aliphatic rings. The van der Waals surface area contributed by atoms with Gasteiger partial charge >= 0.3 is 11.9 Å². The number of fused-ring (bicyclic) bond motifs is 1. The molecule has 194 valence electrons. The first-order valence-electron chi connectivity index (χ1n) is 11.5. The Morgan fingerprint density at radius 2 is 1.61 bits per heavy atom. The van der Waals surface area contributed by atoms with Crippen LogP contribution in [0.25, 0.3) is 16.7 Å². The number of nitrogens with one attached hydrogen (secondary N) is 2. The average molecular weight is 518 g/mol. The van der Waals surface area contributed by atoms with E-state index in [1.54, 1.807) is 16.8 Å². The van der Waals surface area contributed by atoms with Crippen LogP contribution < -0.4 is 10.1 Å². The zero-order valence-corrected chi connectivity index (χ0v) is 20.3. The zero-order chi connectivity index (χ0) is 27.1. The lowest BCUT2D eigenvalue weighted by molar-refractivity contribution is -0.159. The molecule has 0 radical (unpaired) electrons. The van der Waals surface area contributed by atoms with Crippen LogP contribution in [-0.2, 0) is 22.7 Å². The lowest BCUT2D eigenvalue weighted by Gasteiger charge is -2.12. The number of aromatic nitrogens is 4. The second-order valence-electron chi connectivity index (χ2n) is 8.09. The summed E-state index contributed by atoms with van der Waals surface area (Å²) in [5.41, 5.74) is 4.61. The smallest absolute Gasteiger partial charge is 0.414 e. The molecule has 3 aromatic carbocycles. The number of carboxylic acids is 2. The monoisotopic (exact) mass is 517 g/mol. The fraction of sp³-hybridized carbons (Fsp3) is 0.111. The molecule has 10 nitrogen and oxygen atoms in total. The van der Waals surface area contributed by atoms with E-state index in [0.717, 1.165) is 33.8 Å². The fourth-order valence-electron chi connectivity index (χ4n) is 3.60. The number of hydrogen-bond donors (Lipinski definition) is 4. The number of H-pyrrole nitrogens is 1. The molecule has 4 N–H and O–H groups in total. The third-order valence-corrected chi connectivity index (χ3v) is 5.38. The zero-order valence-electron chi connectivity index (χ0n) is 20.3. The summed E-state index contributed by atoms with van der Waals surface area (Å²) in [6, 6.07) is 23.7. The van der Waals surface area contributed by atoms with Gasteiger partial charge in [0, 0.05) is 6.54 Å². The van der Waals surface area contributed by atoms with Crippen molar-refractivity contribution >= 4 is 23.0 Å². The summed E-state index contributed by atoms with van der Waals surface area (Å²) in [4.78, 5) is 26.1. The van der Waals surface area contributed by atoms with Crippen molar-refractivity contribution in [3.05, 3.63) is 102 Å². The second-order valence-corrected chi connectivity index (χ2v) is 8.09. The first kappa shape index (κ1) is 26.0. The van der Waals surface area contributed by atoms with Crippen LogP contribution in [-0.4, -0.2) is 41.9 Å². The van der Waals surface area contributed by atoms with E-state index in [9.17, 15) is 4.39 Å².